The van der Waals surface area contributed by atoms with E-state index in [9.17, 15) is 46.0 Å². The molecule has 17 rings (SSSR count). The molecule has 6 spiro atoms. The summed E-state index contributed by atoms with van der Waals surface area (Å²) in [7, 11) is 4.37. The largest absolute Gasteiger partial charge is 0.508 e. The molecule has 15 nitrogen and oxygen atoms in total. The SMILES string of the molecule is COCCC1CCC(C2CCC3(CN4C(=O)C35C(CO)CCCC5CSSC(O)C35CC(O)C6(O)C(O)C=CC7CCCC76C3(C)C3CC6C=CCC(O)(C7OC7C(C)C(C)C)C7CCC(O)(C3=CC5=O)C67CCc3cc(O)cc4c3)C2O)NC12CCCCC2. The molecule has 10 aliphatic carbocycles. The Labute approximate surface area is 540 Å². The van der Waals surface area contributed by atoms with Crippen molar-refractivity contribution < 1.29 is 65.0 Å². The molecule has 17 heteroatoms. The molecule has 8 bridgehead atoms. The predicted octanol–water partition coefficient (Wildman–Crippen LogP) is 8.87. The summed E-state index contributed by atoms with van der Waals surface area (Å²) >= 11 is 0. The van der Waals surface area contributed by atoms with Gasteiger partial charge in [0.15, 0.2) is 5.78 Å². The number of aliphatic hydroxyl groups excluding tert-OH is 5. The minimum Gasteiger partial charge on any atom is -0.508 e. The number of carbonyl (C=O) groups is 2. The van der Waals surface area contributed by atoms with Crippen LogP contribution < -0.4 is 10.2 Å². The molecule has 10 fully saturated rings. The van der Waals surface area contributed by atoms with Gasteiger partial charge in [-0.3, -0.25) is 9.59 Å². The van der Waals surface area contributed by atoms with Crippen LogP contribution in [0.1, 0.15) is 175 Å². The number of nitrogens with one attached hydrogen (secondary N) is 1. The summed E-state index contributed by atoms with van der Waals surface area (Å²) in [6.45, 7) is 9.19. The zero-order valence-electron chi connectivity index (χ0n) is 53.9. The van der Waals surface area contributed by atoms with Gasteiger partial charge in [0.1, 0.15) is 34.6 Å². The number of anilines is 1. The fourth-order valence-electron chi connectivity index (χ4n) is 26.1. The van der Waals surface area contributed by atoms with E-state index in [0.29, 0.717) is 100 Å². The molecule has 1 amide bonds. The monoisotopic (exact) mass is 1280 g/mol. The number of hydrogen-bond donors (Lipinski definition) is 10. The lowest BCUT2D eigenvalue weighted by Crippen LogP contribution is -2.82. The molecule has 7 saturated carbocycles. The quantitative estimate of drug-likeness (QED) is 0.0663. The fraction of sp³-hybridized carbons (Fsp3) is 0.808. The van der Waals surface area contributed by atoms with Crippen LogP contribution in [-0.4, -0.2) is 155 Å². The topological polar surface area (TPSA) is 253 Å². The van der Waals surface area contributed by atoms with Gasteiger partial charge in [-0.25, -0.2) is 0 Å². The Balaban J connectivity index is 0.905. The number of epoxide rings is 1. The van der Waals surface area contributed by atoms with Crippen molar-refractivity contribution >= 4 is 39.0 Å². The van der Waals surface area contributed by atoms with Gasteiger partial charge in [-0.2, -0.15) is 0 Å². The first-order chi connectivity index (χ1) is 43.0. The number of benzene rings is 1. The molecule has 3 saturated heterocycles. The number of allylic oxidation sites excluding steroid dienone is 3. The second kappa shape index (κ2) is 22.1. The number of hydrogen-bond acceptors (Lipinski definition) is 16. The molecule has 0 aromatic heterocycles. The molecule has 6 aliphatic heterocycles. The number of phenolic OH excluding ortho intramolecular Hbond substituents is 1. The van der Waals surface area contributed by atoms with E-state index in [2.05, 4.69) is 45.2 Å². The smallest absolute Gasteiger partial charge is 0.234 e. The van der Waals surface area contributed by atoms with Gasteiger partial charge in [-0.05, 0) is 198 Å². The lowest BCUT2D eigenvalue weighted by molar-refractivity contribution is -0.330. The highest BCUT2D eigenvalue weighted by Crippen LogP contribution is 2.83. The molecule has 1 aromatic carbocycles. The van der Waals surface area contributed by atoms with Crippen molar-refractivity contribution in [1.29, 1.82) is 0 Å². The van der Waals surface area contributed by atoms with Gasteiger partial charge in [0, 0.05) is 84.0 Å². The third-order valence-electron chi connectivity index (χ3n) is 30.2. The van der Waals surface area contributed by atoms with Crippen molar-refractivity contribution in [1.82, 2.24) is 5.32 Å². The van der Waals surface area contributed by atoms with Gasteiger partial charge in [-0.15, -0.1) is 0 Å². The highest BCUT2D eigenvalue weighted by atomic mass is 33.1. The van der Waals surface area contributed by atoms with Gasteiger partial charge < -0.3 is 65.6 Å². The Morgan fingerprint density at radius 1 is 0.844 bits per heavy atom. The van der Waals surface area contributed by atoms with Crippen LogP contribution in [0.2, 0.25) is 0 Å². The molecular formula is C73H104N2O13S2. The summed E-state index contributed by atoms with van der Waals surface area (Å²) in [4.78, 5) is 35.4. The van der Waals surface area contributed by atoms with Gasteiger partial charge in [0.05, 0.1) is 34.7 Å². The number of amides is 1. The van der Waals surface area contributed by atoms with Crippen LogP contribution in [0.4, 0.5) is 5.69 Å². The number of ketones is 1. The maximum atomic E-state index is 16.9. The fourth-order valence-corrected chi connectivity index (χ4v) is 29.1. The minimum atomic E-state index is -2.13. The Bertz CT molecular complexity index is 3100. The molecule has 0 radical (unpaired) electrons. The number of methoxy groups -OCH3 is 1. The minimum absolute atomic E-state index is 0.00793. The number of carbonyl (C=O) groups excluding carboxylic acids is 2. The van der Waals surface area contributed by atoms with Gasteiger partial charge in [-0.1, -0.05) is 106 Å². The lowest BCUT2D eigenvalue weighted by atomic mass is 9.29. The van der Waals surface area contributed by atoms with Crippen LogP contribution in [-0.2, 0) is 25.5 Å². The highest BCUT2D eigenvalue weighted by molar-refractivity contribution is 8.76. The first-order valence-electron chi connectivity index (χ1n) is 35.5. The van der Waals surface area contributed by atoms with Crippen molar-refractivity contribution in [3.8, 4) is 5.75 Å². The van der Waals surface area contributed by atoms with E-state index < -0.39 is 120 Å². The summed E-state index contributed by atoms with van der Waals surface area (Å²) < 4.78 is 12.3. The summed E-state index contributed by atoms with van der Waals surface area (Å²) in [5, 5.41) is 124. The standard InChI is InChI=1S/C73H104N2O13S2/c1-41(2)42(3)59-61(88-59)69(84)26-10-15-46-34-52-53-36-57(79)68(37-58(80)73(86)56(78)19-17-45-14-11-27-70(45,73)64(52,68)4)63(83)90-89-39-48-13-9-12-47(38-76)72(48)62(82)75(49-32-43(33-50(77)35-49)20-29-67(46)55(69)22-30-71(53,67)85)40-65(72)28-21-51(60(65)81)54-18-16-44(23-31-87-5)66(74-54)24-7-6-8-25-66/h10,15,17,19,32-33,35-36,41-42,44-48,51-52,54-56,58-61,63,74,76-78,80-81,83-86H,6-9,11-14,16,18,20-31,34,37-40H2,1-5H3. The number of aliphatic hydroxyl groups is 8. The number of aromatic hydroxyl groups is 1. The van der Waals surface area contributed by atoms with Crippen LogP contribution in [0, 0.1) is 91.7 Å². The molecule has 10 N–H and O–H groups in total. The molecule has 90 heavy (non-hydrogen) atoms. The molecule has 1 aromatic rings. The van der Waals surface area contributed by atoms with Crippen molar-refractivity contribution in [2.75, 3.05) is 37.5 Å². The van der Waals surface area contributed by atoms with E-state index in [1.165, 1.54) is 28.0 Å². The van der Waals surface area contributed by atoms with E-state index in [1.807, 2.05) is 17.0 Å². The van der Waals surface area contributed by atoms with Crippen molar-refractivity contribution in [2.45, 2.75) is 240 Å². The third kappa shape index (κ3) is 7.96. The second-order valence-electron chi connectivity index (χ2n) is 32.8. The van der Waals surface area contributed by atoms with Crippen molar-refractivity contribution in [3.63, 3.8) is 0 Å². The molecule has 6 heterocycles. The number of nitrogens with zero attached hydrogens (tertiary/aromatic N) is 1. The van der Waals surface area contributed by atoms with E-state index in [1.54, 1.807) is 31.4 Å². The zero-order valence-corrected chi connectivity index (χ0v) is 55.6. The summed E-state index contributed by atoms with van der Waals surface area (Å²) in [6, 6.07) is 5.45. The molecule has 25 unspecified atom stereocenters. The second-order valence-corrected chi connectivity index (χ2v) is 35.3. The van der Waals surface area contributed by atoms with E-state index >= 15 is 9.59 Å². The van der Waals surface area contributed by atoms with Gasteiger partial charge in [0.25, 0.3) is 0 Å². The predicted molar refractivity (Wildman–Crippen MR) is 346 cm³/mol. The maximum absolute atomic E-state index is 16.9. The first-order valence-corrected chi connectivity index (χ1v) is 37.9. The first kappa shape index (κ1) is 63.7. The highest BCUT2D eigenvalue weighted by Gasteiger charge is 2.86. The molecule has 16 aliphatic rings. The number of fused-ring (bicyclic) bond motifs is 1. The number of piperidine rings is 1. The molecular weight excluding hydrogens is 1180 g/mol. The van der Waals surface area contributed by atoms with Crippen LogP contribution in [0.3, 0.4) is 0 Å². The van der Waals surface area contributed by atoms with E-state index in [0.717, 1.165) is 56.9 Å². The average Bonchev–Trinajstić information content (AvgIpc) is 1.34. The summed E-state index contributed by atoms with van der Waals surface area (Å²) in [5.74, 6) is -2.51. The summed E-state index contributed by atoms with van der Waals surface area (Å²) in [5.41, 5.74) is -13.0. The Hall–Kier alpha value is -2.36. The zero-order chi connectivity index (χ0) is 63.1. The number of rotatable bonds is 8. The maximum Gasteiger partial charge on any atom is 0.234 e. The van der Waals surface area contributed by atoms with Crippen LogP contribution in [0.25, 0.3) is 0 Å². The van der Waals surface area contributed by atoms with Crippen molar-refractivity contribution in [2.24, 2.45) is 91.7 Å². The van der Waals surface area contributed by atoms with Crippen molar-refractivity contribution in [3.05, 3.63) is 59.7 Å². The number of ether oxygens (including phenoxy) is 2. The Morgan fingerprint density at radius 2 is 1.64 bits per heavy atom. The Kier molecular flexibility index (Phi) is 15.6. The van der Waals surface area contributed by atoms with E-state index in [-0.39, 0.29) is 79.5 Å². The Morgan fingerprint density at radius 3 is 2.41 bits per heavy atom. The molecule has 496 valence electrons. The number of aryl methyl sites for hydroxylation is 1. The van der Waals surface area contributed by atoms with E-state index in [4.69, 9.17) is 9.47 Å². The van der Waals surface area contributed by atoms with Gasteiger partial charge >= 0.3 is 0 Å². The van der Waals surface area contributed by atoms with Gasteiger partial charge in [0.2, 0.25) is 5.91 Å². The van der Waals surface area contributed by atoms with Crippen LogP contribution >= 0.6 is 21.6 Å². The normalized spacial score (nSPS) is 51.0. The van der Waals surface area contributed by atoms with Crippen LogP contribution in [0.15, 0.2) is 54.2 Å². The lowest BCUT2D eigenvalue weighted by Gasteiger charge is -2.76. The average molecular weight is 1280 g/mol. The third-order valence-corrected chi connectivity index (χ3v) is 32.9. The van der Waals surface area contributed by atoms with Crippen LogP contribution in [0.5, 0.6) is 5.75 Å². The molecule has 25 atom stereocenters. The summed E-state index contributed by atoms with van der Waals surface area (Å²) in [6.07, 6.45) is 19.7. The number of phenols is 1.